The van der Waals surface area contributed by atoms with E-state index in [0.717, 1.165) is 44.1 Å². The molecule has 284 valence electrons. The summed E-state index contributed by atoms with van der Waals surface area (Å²) in [4.78, 5) is 37.3. The molecule has 0 fully saturated rings. The highest BCUT2D eigenvalue weighted by Crippen LogP contribution is 2.23. The number of hydrogen-bond acceptors (Lipinski definition) is 7. The topological polar surface area (TPSA) is 127 Å². The fourth-order valence-electron chi connectivity index (χ4n) is 6.02. The van der Waals surface area contributed by atoms with E-state index in [-0.39, 0.29) is 31.6 Å². The van der Waals surface area contributed by atoms with Crippen molar-refractivity contribution in [3.63, 3.8) is 0 Å². The molecule has 2 atom stereocenters. The van der Waals surface area contributed by atoms with Gasteiger partial charge in [0.05, 0.1) is 0 Å². The van der Waals surface area contributed by atoms with E-state index in [1.54, 1.807) is 20.8 Å². The van der Waals surface area contributed by atoms with Crippen molar-refractivity contribution in [1.29, 1.82) is 0 Å². The van der Waals surface area contributed by atoms with E-state index >= 15 is 0 Å². The molecule has 6 rings (SSSR count). The van der Waals surface area contributed by atoms with E-state index in [0.29, 0.717) is 12.8 Å². The number of alkyl carbamates (subject to hydrolysis) is 1. The van der Waals surface area contributed by atoms with Gasteiger partial charge in [0.2, 0.25) is 0 Å². The number of carbonyl (C=O) groups is 3. The fraction of sp³-hybridized carbons (Fsp3) is 0.279. The van der Waals surface area contributed by atoms with Crippen LogP contribution in [0.2, 0.25) is 0 Å². The van der Waals surface area contributed by atoms with Crippen LogP contribution in [0.15, 0.2) is 122 Å². The van der Waals surface area contributed by atoms with Crippen LogP contribution in [0.5, 0.6) is 0 Å². The van der Waals surface area contributed by atoms with Gasteiger partial charge in [0.25, 0.3) is 0 Å². The van der Waals surface area contributed by atoms with E-state index in [1.807, 2.05) is 139 Å². The molecule has 54 heavy (non-hydrogen) atoms. The first-order valence-electron chi connectivity index (χ1n) is 17.6. The Morgan fingerprint density at radius 2 is 1.07 bits per heavy atom. The van der Waals surface area contributed by atoms with Crippen molar-refractivity contribution in [3.05, 3.63) is 144 Å². The summed E-state index contributed by atoms with van der Waals surface area (Å²) in [7, 11) is 3.95. The average molecular weight is 753 g/mol. The van der Waals surface area contributed by atoms with Crippen LogP contribution in [0.4, 0.5) is 4.79 Å². The fourth-order valence-corrected chi connectivity index (χ4v) is 6.02. The molecule has 3 N–H and O–H groups in total. The first-order valence-corrected chi connectivity index (χ1v) is 17.6. The highest BCUT2D eigenvalue weighted by atomic mass is 35.5. The smallest absolute Gasteiger partial charge is 0.408 e. The van der Waals surface area contributed by atoms with Gasteiger partial charge in [-0.05, 0) is 55.2 Å². The van der Waals surface area contributed by atoms with Gasteiger partial charge in [0, 0.05) is 61.1 Å². The van der Waals surface area contributed by atoms with Gasteiger partial charge < -0.3 is 34.4 Å². The second kappa shape index (κ2) is 19.0. The molecular formula is C43H49ClN4O6. The number of para-hydroxylation sites is 2. The average Bonchev–Trinajstić information content (AvgIpc) is 3.64. The standard InChI is InChI=1S/C24H28N2O4.C19H20N2O2.ClH/c1-24(2,3)30-23(28)25-20(22(27)29-16-17-10-6-5-7-11-17)14-18-15-26(4)21-13-9-8-12-19(18)21;1-21-12-15(16-9-5-6-10-18(16)21)11-17(20)19(22)23-13-14-7-3-2-4-8-14;/h5-13,15,20H,14,16H2,1-4H3,(H,25,28);2-10,12,17H,11,13,20H2,1H3;1H/t20-;17-;/m11./s1. The minimum absolute atomic E-state index is 0. The Hall–Kier alpha value is -5.58. The molecule has 11 heteroatoms. The number of nitrogens with two attached hydrogens (primary N) is 1. The van der Waals surface area contributed by atoms with Crippen LogP contribution in [-0.2, 0) is 64.0 Å². The summed E-state index contributed by atoms with van der Waals surface area (Å²) in [6, 6.07) is 33.5. The molecule has 2 aromatic heterocycles. The molecule has 0 aliphatic rings. The van der Waals surface area contributed by atoms with E-state index in [4.69, 9.17) is 19.9 Å². The lowest BCUT2D eigenvalue weighted by Crippen LogP contribution is -2.45. The van der Waals surface area contributed by atoms with Crippen LogP contribution in [0.25, 0.3) is 21.8 Å². The maximum atomic E-state index is 12.9. The van der Waals surface area contributed by atoms with Gasteiger partial charge >= 0.3 is 18.0 Å². The SMILES string of the molecule is Cl.Cn1cc(C[C@@H](N)C(=O)OCc2ccccc2)c2ccccc21.Cn1cc(C[C@@H](NC(=O)OC(C)(C)C)C(=O)OCc2ccccc2)c2ccccc21. The number of nitrogens with zero attached hydrogens (tertiary/aromatic N) is 2. The number of hydrogen-bond donors (Lipinski definition) is 2. The van der Waals surface area contributed by atoms with Crippen molar-refractivity contribution in [2.75, 3.05) is 0 Å². The lowest BCUT2D eigenvalue weighted by Gasteiger charge is -2.23. The Bertz CT molecular complexity index is 2140. The van der Waals surface area contributed by atoms with Gasteiger partial charge in [-0.2, -0.15) is 0 Å². The summed E-state index contributed by atoms with van der Waals surface area (Å²) in [5.74, 6) is -0.876. The molecular weight excluding hydrogens is 704 g/mol. The highest BCUT2D eigenvalue weighted by Gasteiger charge is 2.27. The lowest BCUT2D eigenvalue weighted by molar-refractivity contribution is -0.147. The number of halogens is 1. The maximum Gasteiger partial charge on any atom is 0.408 e. The number of aryl methyl sites for hydroxylation is 2. The maximum absolute atomic E-state index is 12.9. The van der Waals surface area contributed by atoms with Gasteiger partial charge in [-0.25, -0.2) is 9.59 Å². The van der Waals surface area contributed by atoms with Crippen molar-refractivity contribution in [2.24, 2.45) is 19.8 Å². The molecule has 0 saturated heterocycles. The first-order chi connectivity index (χ1) is 25.4. The van der Waals surface area contributed by atoms with Crippen molar-refractivity contribution in [1.82, 2.24) is 14.5 Å². The second-order valence-corrected chi connectivity index (χ2v) is 14.0. The summed E-state index contributed by atoms with van der Waals surface area (Å²) in [6.07, 6.45) is 4.11. The molecule has 0 aliphatic carbocycles. The zero-order chi connectivity index (χ0) is 38.0. The minimum atomic E-state index is -0.866. The third-order valence-electron chi connectivity index (χ3n) is 8.55. The Morgan fingerprint density at radius 1 is 0.648 bits per heavy atom. The molecule has 10 nitrogen and oxygen atoms in total. The largest absolute Gasteiger partial charge is 0.460 e. The predicted octanol–water partition coefficient (Wildman–Crippen LogP) is 7.57. The highest BCUT2D eigenvalue weighted by molar-refractivity contribution is 5.87. The number of carbonyl (C=O) groups excluding carboxylic acids is 3. The number of amides is 1. The molecule has 0 radical (unpaired) electrons. The summed E-state index contributed by atoms with van der Waals surface area (Å²) in [6.45, 7) is 5.73. The van der Waals surface area contributed by atoms with Crippen LogP contribution in [0.3, 0.4) is 0 Å². The minimum Gasteiger partial charge on any atom is -0.460 e. The third kappa shape index (κ3) is 11.5. The summed E-state index contributed by atoms with van der Waals surface area (Å²) in [5, 5.41) is 4.85. The van der Waals surface area contributed by atoms with Gasteiger partial charge in [-0.3, -0.25) is 4.79 Å². The molecule has 0 bridgehead atoms. The van der Waals surface area contributed by atoms with Crippen LogP contribution in [0.1, 0.15) is 43.0 Å². The molecule has 0 aliphatic heterocycles. The second-order valence-electron chi connectivity index (χ2n) is 14.0. The van der Waals surface area contributed by atoms with Crippen LogP contribution < -0.4 is 11.1 Å². The number of nitrogens with one attached hydrogen (secondary N) is 1. The molecule has 0 unspecified atom stereocenters. The molecule has 6 aromatic rings. The Kier molecular flexibility index (Phi) is 14.5. The van der Waals surface area contributed by atoms with Crippen molar-refractivity contribution in [3.8, 4) is 0 Å². The van der Waals surface area contributed by atoms with Gasteiger partial charge in [-0.1, -0.05) is 97.1 Å². The Labute approximate surface area is 322 Å². The summed E-state index contributed by atoms with van der Waals surface area (Å²) >= 11 is 0. The quantitative estimate of drug-likeness (QED) is 0.103. The van der Waals surface area contributed by atoms with Crippen molar-refractivity contribution in [2.45, 2.75) is 64.5 Å². The van der Waals surface area contributed by atoms with E-state index in [1.165, 1.54) is 0 Å². The Morgan fingerprint density at radius 3 is 1.56 bits per heavy atom. The van der Waals surface area contributed by atoms with Gasteiger partial charge in [-0.15, -0.1) is 12.4 Å². The monoisotopic (exact) mass is 752 g/mol. The van der Waals surface area contributed by atoms with E-state index in [9.17, 15) is 14.4 Å². The van der Waals surface area contributed by atoms with Crippen molar-refractivity contribution < 1.29 is 28.6 Å². The normalized spacial score (nSPS) is 12.1. The van der Waals surface area contributed by atoms with Crippen LogP contribution in [-0.4, -0.2) is 44.9 Å². The van der Waals surface area contributed by atoms with Gasteiger partial charge in [0.1, 0.15) is 30.9 Å². The predicted molar refractivity (Wildman–Crippen MR) is 214 cm³/mol. The zero-order valence-electron chi connectivity index (χ0n) is 31.4. The summed E-state index contributed by atoms with van der Waals surface area (Å²) < 4.78 is 20.2. The Balaban J connectivity index is 0.000000244. The molecule has 0 saturated carbocycles. The first kappa shape index (κ1) is 41.2. The van der Waals surface area contributed by atoms with E-state index < -0.39 is 29.7 Å². The number of benzene rings is 4. The van der Waals surface area contributed by atoms with Crippen LogP contribution >= 0.6 is 12.4 Å². The number of ether oxygens (including phenoxy) is 3. The molecule has 0 spiro atoms. The zero-order valence-corrected chi connectivity index (χ0v) is 32.2. The third-order valence-corrected chi connectivity index (χ3v) is 8.55. The van der Waals surface area contributed by atoms with Gasteiger partial charge in [0.15, 0.2) is 0 Å². The number of fused-ring (bicyclic) bond motifs is 2. The number of aromatic nitrogens is 2. The van der Waals surface area contributed by atoms with Crippen LogP contribution in [0, 0.1) is 0 Å². The molecule has 2 heterocycles. The number of rotatable bonds is 11. The molecule has 4 aromatic carbocycles. The lowest BCUT2D eigenvalue weighted by atomic mass is 10.1. The summed E-state index contributed by atoms with van der Waals surface area (Å²) in [5.41, 5.74) is 11.4. The van der Waals surface area contributed by atoms with E-state index in [2.05, 4.69) is 11.4 Å². The molecule has 1 amide bonds. The number of esters is 2. The van der Waals surface area contributed by atoms with Crippen molar-refractivity contribution >= 4 is 52.2 Å².